The number of methoxy groups -OCH3 is 1. The minimum absolute atomic E-state index is 0.647. The molecule has 0 aliphatic heterocycles. The van der Waals surface area contributed by atoms with Crippen molar-refractivity contribution in [3.05, 3.63) is 11.6 Å². The summed E-state index contributed by atoms with van der Waals surface area (Å²) in [6, 6.07) is 0. The van der Waals surface area contributed by atoms with Gasteiger partial charge < -0.3 is 4.74 Å². The van der Waals surface area contributed by atoms with Gasteiger partial charge in [0.05, 0.1) is 6.61 Å². The van der Waals surface area contributed by atoms with Crippen molar-refractivity contribution in [1.29, 1.82) is 0 Å². The highest BCUT2D eigenvalue weighted by atomic mass is 16.5. The van der Waals surface area contributed by atoms with Crippen LogP contribution >= 0.6 is 0 Å². The number of ether oxygens (including phenoxy) is 1. The van der Waals surface area contributed by atoms with Gasteiger partial charge in [0.25, 0.3) is 0 Å². The van der Waals surface area contributed by atoms with Crippen molar-refractivity contribution in [2.24, 2.45) is 4.99 Å². The molecule has 0 amide bonds. The van der Waals surface area contributed by atoms with E-state index in [1.165, 1.54) is 0 Å². The summed E-state index contributed by atoms with van der Waals surface area (Å²) in [5.74, 6) is 0. The monoisotopic (exact) mass is 127 g/mol. The third-order valence-electron chi connectivity index (χ3n) is 0.977. The standard InChI is InChI=1S/C7H13NO/c1-4-7(5-8-2)6-9-3/h4-5H,6H2,1-3H3. The highest BCUT2D eigenvalue weighted by molar-refractivity contribution is 5.78. The number of hydrogen-bond donors (Lipinski definition) is 0. The van der Waals surface area contributed by atoms with E-state index in [1.54, 1.807) is 20.4 Å². The van der Waals surface area contributed by atoms with Crippen LogP contribution in [0.5, 0.6) is 0 Å². The Morgan fingerprint density at radius 2 is 2.33 bits per heavy atom. The summed E-state index contributed by atoms with van der Waals surface area (Å²) >= 11 is 0. The minimum Gasteiger partial charge on any atom is -0.380 e. The van der Waals surface area contributed by atoms with E-state index in [1.807, 2.05) is 13.0 Å². The summed E-state index contributed by atoms with van der Waals surface area (Å²) in [7, 11) is 3.42. The first-order valence-corrected chi connectivity index (χ1v) is 2.91. The zero-order chi connectivity index (χ0) is 7.11. The average Bonchev–Trinajstić information content (AvgIpc) is 1.88. The number of aliphatic imine (C=N–C) groups is 1. The van der Waals surface area contributed by atoms with Crippen LogP contribution in [0, 0.1) is 0 Å². The Kier molecular flexibility index (Phi) is 5.12. The molecular weight excluding hydrogens is 114 g/mol. The molecular formula is C7H13NO. The van der Waals surface area contributed by atoms with Crippen molar-refractivity contribution in [2.75, 3.05) is 20.8 Å². The normalized spacial score (nSPS) is 13.0. The van der Waals surface area contributed by atoms with Gasteiger partial charge in [-0.05, 0) is 12.5 Å². The van der Waals surface area contributed by atoms with Gasteiger partial charge in [0, 0.05) is 20.4 Å². The first kappa shape index (κ1) is 8.37. The molecule has 9 heavy (non-hydrogen) atoms. The van der Waals surface area contributed by atoms with E-state index >= 15 is 0 Å². The van der Waals surface area contributed by atoms with Gasteiger partial charge in [-0.3, -0.25) is 4.99 Å². The summed E-state index contributed by atoms with van der Waals surface area (Å²) in [5.41, 5.74) is 1.11. The zero-order valence-corrected chi connectivity index (χ0v) is 6.22. The Labute approximate surface area is 56.2 Å². The lowest BCUT2D eigenvalue weighted by Crippen LogP contribution is -1.94. The van der Waals surface area contributed by atoms with E-state index in [-0.39, 0.29) is 0 Å². The second kappa shape index (κ2) is 5.51. The van der Waals surface area contributed by atoms with Crippen molar-refractivity contribution in [3.8, 4) is 0 Å². The molecule has 52 valence electrons. The van der Waals surface area contributed by atoms with E-state index in [9.17, 15) is 0 Å². The lowest BCUT2D eigenvalue weighted by Gasteiger charge is -1.95. The van der Waals surface area contributed by atoms with Gasteiger partial charge in [-0.2, -0.15) is 0 Å². The van der Waals surface area contributed by atoms with E-state index in [0.717, 1.165) is 5.57 Å². The molecule has 0 atom stereocenters. The maximum atomic E-state index is 4.89. The van der Waals surface area contributed by atoms with Gasteiger partial charge in [-0.15, -0.1) is 0 Å². The van der Waals surface area contributed by atoms with Crippen LogP contribution in [0.25, 0.3) is 0 Å². The Balaban J connectivity index is 3.70. The average molecular weight is 127 g/mol. The summed E-state index contributed by atoms with van der Waals surface area (Å²) < 4.78 is 4.89. The van der Waals surface area contributed by atoms with Crippen LogP contribution < -0.4 is 0 Å². The Bertz CT molecular complexity index is 116. The summed E-state index contributed by atoms with van der Waals surface area (Å²) in [6.07, 6.45) is 3.78. The second-order valence-electron chi connectivity index (χ2n) is 1.68. The molecule has 0 fully saturated rings. The van der Waals surface area contributed by atoms with Crippen molar-refractivity contribution in [1.82, 2.24) is 0 Å². The van der Waals surface area contributed by atoms with Crippen molar-refractivity contribution in [3.63, 3.8) is 0 Å². The van der Waals surface area contributed by atoms with Crippen LogP contribution in [-0.2, 0) is 4.74 Å². The Morgan fingerprint density at radius 1 is 1.67 bits per heavy atom. The third-order valence-corrected chi connectivity index (χ3v) is 0.977. The predicted octanol–water partition coefficient (Wildman–Crippen LogP) is 1.28. The number of allylic oxidation sites excluding steroid dienone is 1. The molecule has 0 aliphatic rings. The Hall–Kier alpha value is -0.630. The van der Waals surface area contributed by atoms with Crippen LogP contribution in [0.15, 0.2) is 16.6 Å². The van der Waals surface area contributed by atoms with Crippen LogP contribution in [0.1, 0.15) is 6.92 Å². The maximum Gasteiger partial charge on any atom is 0.0724 e. The molecule has 0 bridgehead atoms. The van der Waals surface area contributed by atoms with Crippen molar-refractivity contribution in [2.45, 2.75) is 6.92 Å². The van der Waals surface area contributed by atoms with Crippen LogP contribution in [0.3, 0.4) is 0 Å². The third kappa shape index (κ3) is 3.91. The topological polar surface area (TPSA) is 21.6 Å². The highest BCUT2D eigenvalue weighted by Crippen LogP contribution is 1.88. The van der Waals surface area contributed by atoms with E-state index in [0.29, 0.717) is 6.61 Å². The molecule has 0 aromatic heterocycles. The zero-order valence-electron chi connectivity index (χ0n) is 6.22. The van der Waals surface area contributed by atoms with Crippen molar-refractivity contribution >= 4 is 6.21 Å². The highest BCUT2D eigenvalue weighted by Gasteiger charge is 1.86. The second-order valence-corrected chi connectivity index (χ2v) is 1.68. The molecule has 0 saturated heterocycles. The summed E-state index contributed by atoms with van der Waals surface area (Å²) in [5, 5.41) is 0. The van der Waals surface area contributed by atoms with Gasteiger partial charge in [0.1, 0.15) is 0 Å². The van der Waals surface area contributed by atoms with E-state index < -0.39 is 0 Å². The van der Waals surface area contributed by atoms with Gasteiger partial charge in [0.15, 0.2) is 0 Å². The number of hydrogen-bond acceptors (Lipinski definition) is 2. The fourth-order valence-electron chi connectivity index (χ4n) is 0.528. The number of rotatable bonds is 3. The quantitative estimate of drug-likeness (QED) is 0.523. The summed E-state index contributed by atoms with van der Waals surface area (Å²) in [4.78, 5) is 3.85. The maximum absolute atomic E-state index is 4.89. The molecule has 0 spiro atoms. The molecule has 0 aromatic rings. The molecule has 0 aliphatic carbocycles. The SMILES string of the molecule is CC=C(C=NC)COC. The fourth-order valence-corrected chi connectivity index (χ4v) is 0.528. The molecule has 0 heterocycles. The first-order chi connectivity index (χ1) is 4.35. The largest absolute Gasteiger partial charge is 0.380 e. The van der Waals surface area contributed by atoms with Gasteiger partial charge in [-0.1, -0.05) is 6.08 Å². The fraction of sp³-hybridized carbons (Fsp3) is 0.571. The number of nitrogens with zero attached hydrogens (tertiary/aromatic N) is 1. The van der Waals surface area contributed by atoms with Gasteiger partial charge in [-0.25, -0.2) is 0 Å². The first-order valence-electron chi connectivity index (χ1n) is 2.91. The molecule has 0 radical (unpaired) electrons. The lowest BCUT2D eigenvalue weighted by molar-refractivity contribution is 0.230. The molecule has 0 unspecified atom stereocenters. The molecule has 0 rings (SSSR count). The Morgan fingerprint density at radius 3 is 2.67 bits per heavy atom. The molecule has 0 aromatic carbocycles. The molecule has 0 N–H and O–H groups in total. The van der Waals surface area contributed by atoms with Crippen LogP contribution in [0.2, 0.25) is 0 Å². The van der Waals surface area contributed by atoms with Crippen LogP contribution in [0.4, 0.5) is 0 Å². The van der Waals surface area contributed by atoms with E-state index in [2.05, 4.69) is 4.99 Å². The lowest BCUT2D eigenvalue weighted by atomic mass is 10.3. The van der Waals surface area contributed by atoms with E-state index in [4.69, 9.17) is 4.74 Å². The summed E-state index contributed by atoms with van der Waals surface area (Å²) in [6.45, 7) is 2.61. The molecule has 0 saturated carbocycles. The molecule has 2 nitrogen and oxygen atoms in total. The van der Waals surface area contributed by atoms with Gasteiger partial charge in [0.2, 0.25) is 0 Å². The smallest absolute Gasteiger partial charge is 0.0724 e. The van der Waals surface area contributed by atoms with Crippen molar-refractivity contribution < 1.29 is 4.74 Å². The predicted molar refractivity (Wildman–Crippen MR) is 40.0 cm³/mol. The minimum atomic E-state index is 0.647. The molecule has 2 heteroatoms. The van der Waals surface area contributed by atoms with Crippen LogP contribution in [-0.4, -0.2) is 27.0 Å². The van der Waals surface area contributed by atoms with Gasteiger partial charge >= 0.3 is 0 Å².